The molecule has 0 spiro atoms. The number of aryl methyl sites for hydroxylation is 1. The van der Waals surface area contributed by atoms with Crippen LogP contribution >= 0.6 is 15.9 Å². The van der Waals surface area contributed by atoms with Crippen molar-refractivity contribution in [3.63, 3.8) is 0 Å². The first kappa shape index (κ1) is 16.3. The lowest BCUT2D eigenvalue weighted by atomic mass is 9.96. The first-order chi connectivity index (χ1) is 12.1. The molecule has 1 fully saturated rings. The normalized spacial score (nSPS) is 19.8. The molecule has 0 radical (unpaired) electrons. The second kappa shape index (κ2) is 6.63. The first-order valence-electron chi connectivity index (χ1n) is 8.49. The predicted molar refractivity (Wildman–Crippen MR) is 95.5 cm³/mol. The second-order valence-electron chi connectivity index (χ2n) is 6.43. The number of hydrogen-bond acceptors (Lipinski definition) is 4. The lowest BCUT2D eigenvalue weighted by molar-refractivity contribution is -0.118. The smallest absolute Gasteiger partial charge is 0.290 e. The van der Waals surface area contributed by atoms with E-state index in [4.69, 9.17) is 4.52 Å². The zero-order valence-corrected chi connectivity index (χ0v) is 15.2. The average molecular weight is 404 g/mol. The van der Waals surface area contributed by atoms with Crippen LogP contribution in [0.15, 0.2) is 33.3 Å². The Labute approximate surface area is 153 Å². The van der Waals surface area contributed by atoms with Crippen LogP contribution < -0.4 is 10.2 Å². The predicted octanol–water partition coefficient (Wildman–Crippen LogP) is 2.85. The third-order valence-corrected chi connectivity index (χ3v) is 5.29. The van der Waals surface area contributed by atoms with Gasteiger partial charge in [-0.2, -0.15) is 0 Å². The Balaban J connectivity index is 1.47. The number of carbonyl (C=O) groups is 2. The fraction of sp³-hybridized carbons (Fsp3) is 0.389. The van der Waals surface area contributed by atoms with Crippen LogP contribution in [0.1, 0.15) is 41.1 Å². The zero-order valence-electron chi connectivity index (χ0n) is 13.6. The largest absolute Gasteiger partial charge is 0.350 e. The summed E-state index contributed by atoms with van der Waals surface area (Å²) in [6.07, 6.45) is 4.35. The van der Waals surface area contributed by atoms with Crippen LogP contribution in [-0.2, 0) is 17.6 Å². The van der Waals surface area contributed by atoms with Gasteiger partial charge in [0.2, 0.25) is 11.7 Å². The molecule has 1 saturated heterocycles. The highest BCUT2D eigenvalue weighted by atomic mass is 79.9. The van der Waals surface area contributed by atoms with Crippen LogP contribution in [0.4, 0.5) is 5.69 Å². The van der Waals surface area contributed by atoms with Crippen LogP contribution in [0.3, 0.4) is 0 Å². The molecule has 0 bridgehead atoms. The Kier molecular flexibility index (Phi) is 4.33. The number of aromatic nitrogens is 1. The van der Waals surface area contributed by atoms with E-state index in [1.54, 1.807) is 4.90 Å². The topological polar surface area (TPSA) is 75.4 Å². The number of fused-ring (bicyclic) bond motifs is 1. The van der Waals surface area contributed by atoms with Crippen molar-refractivity contribution < 1.29 is 14.1 Å². The lowest BCUT2D eigenvalue weighted by Crippen LogP contribution is -2.41. The number of nitrogens with zero attached hydrogens (tertiary/aromatic N) is 2. The molecule has 2 aliphatic rings. The quantitative estimate of drug-likeness (QED) is 0.854. The molecule has 6 nitrogen and oxygen atoms in total. The average Bonchev–Trinajstić information content (AvgIpc) is 3.19. The Hall–Kier alpha value is -2.15. The summed E-state index contributed by atoms with van der Waals surface area (Å²) in [7, 11) is 0. The molecule has 1 aromatic heterocycles. The van der Waals surface area contributed by atoms with Crippen molar-refractivity contribution in [2.45, 2.75) is 38.1 Å². The highest BCUT2D eigenvalue weighted by Gasteiger charge is 2.35. The van der Waals surface area contributed by atoms with Crippen molar-refractivity contribution in [1.82, 2.24) is 10.5 Å². The van der Waals surface area contributed by atoms with E-state index in [1.807, 2.05) is 24.3 Å². The molecule has 1 unspecified atom stereocenters. The van der Waals surface area contributed by atoms with Gasteiger partial charge in [-0.1, -0.05) is 27.2 Å². The lowest BCUT2D eigenvalue weighted by Gasteiger charge is -2.17. The number of anilines is 1. The van der Waals surface area contributed by atoms with Gasteiger partial charge in [0.05, 0.1) is 5.69 Å². The van der Waals surface area contributed by atoms with Crippen LogP contribution in [0, 0.1) is 0 Å². The van der Waals surface area contributed by atoms with E-state index in [1.165, 1.54) is 0 Å². The second-order valence-corrected chi connectivity index (χ2v) is 7.34. The van der Waals surface area contributed by atoms with Gasteiger partial charge < -0.3 is 14.7 Å². The molecule has 1 aliphatic carbocycles. The Morgan fingerprint density at radius 3 is 3.00 bits per heavy atom. The van der Waals surface area contributed by atoms with Gasteiger partial charge in [0.25, 0.3) is 5.91 Å². The highest BCUT2D eigenvalue weighted by Crippen LogP contribution is 2.26. The molecule has 2 amide bonds. The summed E-state index contributed by atoms with van der Waals surface area (Å²) in [6.45, 7) is 0.578. The summed E-state index contributed by atoms with van der Waals surface area (Å²) in [6, 6.07) is 7.06. The molecule has 2 aromatic rings. The van der Waals surface area contributed by atoms with Crippen molar-refractivity contribution in [2.24, 2.45) is 0 Å². The van der Waals surface area contributed by atoms with Crippen molar-refractivity contribution >= 4 is 33.4 Å². The number of nitrogens with one attached hydrogen (secondary N) is 1. The van der Waals surface area contributed by atoms with Crippen molar-refractivity contribution in [1.29, 1.82) is 0 Å². The summed E-state index contributed by atoms with van der Waals surface area (Å²) in [4.78, 5) is 26.9. The van der Waals surface area contributed by atoms with Gasteiger partial charge in [0.1, 0.15) is 6.04 Å². The zero-order chi connectivity index (χ0) is 17.4. The van der Waals surface area contributed by atoms with Gasteiger partial charge >= 0.3 is 0 Å². The van der Waals surface area contributed by atoms with Gasteiger partial charge in [-0.3, -0.25) is 9.59 Å². The Morgan fingerprint density at radius 1 is 1.32 bits per heavy atom. The van der Waals surface area contributed by atoms with Gasteiger partial charge in [-0.05, 0) is 50.3 Å². The molecular formula is C18H18BrN3O3. The summed E-state index contributed by atoms with van der Waals surface area (Å²) in [5.74, 6) is -0.173. The SMILES string of the molecule is O=C(NC1CCN(c2cccc(Br)c2)C1=O)c1onc2c1CCCC2. The number of carbonyl (C=O) groups excluding carboxylic acids is 2. The van der Waals surface area contributed by atoms with Crippen LogP contribution in [-0.4, -0.2) is 29.6 Å². The summed E-state index contributed by atoms with van der Waals surface area (Å²) < 4.78 is 6.17. The van der Waals surface area contributed by atoms with E-state index in [9.17, 15) is 9.59 Å². The molecule has 130 valence electrons. The number of amides is 2. The summed E-state index contributed by atoms with van der Waals surface area (Å²) in [5, 5.41) is 6.83. The maximum atomic E-state index is 12.7. The molecule has 7 heteroatoms. The van der Waals surface area contributed by atoms with Crippen molar-refractivity contribution in [2.75, 3.05) is 11.4 Å². The molecule has 1 N–H and O–H groups in total. The first-order valence-corrected chi connectivity index (χ1v) is 9.28. The standard InChI is InChI=1S/C18H18BrN3O3/c19-11-4-3-5-12(10-11)22-9-8-15(18(22)24)20-17(23)16-13-6-1-2-7-14(13)21-25-16/h3-5,10,15H,1-2,6-9H2,(H,20,23). The molecule has 1 aromatic carbocycles. The molecule has 25 heavy (non-hydrogen) atoms. The summed E-state index contributed by atoms with van der Waals surface area (Å²) >= 11 is 3.42. The van der Waals surface area contributed by atoms with Gasteiger partial charge in [-0.15, -0.1) is 0 Å². The summed E-state index contributed by atoms with van der Waals surface area (Å²) in [5.41, 5.74) is 2.61. The monoisotopic (exact) mass is 403 g/mol. The number of benzene rings is 1. The van der Waals surface area contributed by atoms with Crippen molar-refractivity contribution in [3.05, 3.63) is 45.8 Å². The molecule has 4 rings (SSSR count). The molecule has 2 heterocycles. The Morgan fingerprint density at radius 2 is 2.16 bits per heavy atom. The molecule has 1 atom stereocenters. The Bertz CT molecular complexity index is 833. The number of halogens is 1. The van der Waals surface area contributed by atoms with Crippen LogP contribution in [0.2, 0.25) is 0 Å². The molecule has 1 aliphatic heterocycles. The van der Waals surface area contributed by atoms with Crippen molar-refractivity contribution in [3.8, 4) is 0 Å². The van der Waals surface area contributed by atoms with Gasteiger partial charge in [0, 0.05) is 22.3 Å². The molecular weight excluding hydrogens is 386 g/mol. The van der Waals surface area contributed by atoms with Gasteiger partial charge in [0.15, 0.2) is 0 Å². The highest BCUT2D eigenvalue weighted by molar-refractivity contribution is 9.10. The van der Waals surface area contributed by atoms with E-state index in [0.717, 1.165) is 47.1 Å². The minimum Gasteiger partial charge on any atom is -0.350 e. The van der Waals surface area contributed by atoms with E-state index < -0.39 is 6.04 Å². The van der Waals surface area contributed by atoms with Crippen LogP contribution in [0.25, 0.3) is 0 Å². The fourth-order valence-corrected chi connectivity index (χ4v) is 3.89. The van der Waals surface area contributed by atoms with E-state index in [0.29, 0.717) is 13.0 Å². The minimum atomic E-state index is -0.532. The maximum absolute atomic E-state index is 12.7. The third kappa shape index (κ3) is 3.08. The maximum Gasteiger partial charge on any atom is 0.290 e. The third-order valence-electron chi connectivity index (χ3n) is 4.80. The van der Waals surface area contributed by atoms with Crippen LogP contribution in [0.5, 0.6) is 0 Å². The number of hydrogen-bond donors (Lipinski definition) is 1. The molecule has 0 saturated carbocycles. The van der Waals surface area contributed by atoms with E-state index >= 15 is 0 Å². The van der Waals surface area contributed by atoms with E-state index in [-0.39, 0.29) is 17.6 Å². The minimum absolute atomic E-state index is 0.0974. The van der Waals surface area contributed by atoms with Gasteiger partial charge in [-0.25, -0.2) is 0 Å². The fourth-order valence-electron chi connectivity index (χ4n) is 3.51. The number of rotatable bonds is 3. The van der Waals surface area contributed by atoms with E-state index in [2.05, 4.69) is 26.4 Å².